The zero-order chi connectivity index (χ0) is 14.1. The third-order valence-corrected chi connectivity index (χ3v) is 4.37. The van der Waals surface area contributed by atoms with E-state index < -0.39 is 0 Å². The maximum absolute atomic E-state index is 3.64. The second kappa shape index (κ2) is 9.51. The summed E-state index contributed by atoms with van der Waals surface area (Å²) in [7, 11) is 0. The molecule has 1 aromatic rings. The zero-order valence-corrected chi connectivity index (χ0v) is 13.8. The van der Waals surface area contributed by atoms with Crippen molar-refractivity contribution in [3.05, 3.63) is 22.4 Å². The quantitative estimate of drug-likeness (QED) is 0.698. The number of hydrogen-bond donors (Lipinski definition) is 1. The lowest BCUT2D eigenvalue weighted by Crippen LogP contribution is -2.35. The van der Waals surface area contributed by atoms with Gasteiger partial charge in [0.2, 0.25) is 0 Å². The summed E-state index contributed by atoms with van der Waals surface area (Å²) in [5.41, 5.74) is 0. The van der Waals surface area contributed by atoms with E-state index in [0.717, 1.165) is 32.1 Å². The Kier molecular flexibility index (Phi) is 8.35. The van der Waals surface area contributed by atoms with Gasteiger partial charge in [-0.2, -0.15) is 0 Å². The molecule has 0 aliphatic heterocycles. The van der Waals surface area contributed by atoms with Crippen molar-refractivity contribution in [3.63, 3.8) is 0 Å². The second-order valence-corrected chi connectivity index (χ2v) is 6.81. The van der Waals surface area contributed by atoms with Crippen LogP contribution in [0.5, 0.6) is 0 Å². The van der Waals surface area contributed by atoms with Crippen LogP contribution in [0.4, 0.5) is 0 Å². The predicted molar refractivity (Wildman–Crippen MR) is 86.8 cm³/mol. The Morgan fingerprint density at radius 1 is 1.26 bits per heavy atom. The standard InChI is InChI=1S/C16H30N2S/c1-5-18(13-16-7-6-12-19-16)11-10-17-15(4)9-8-14(2)3/h6-7,12,14-15,17H,5,8-11,13H2,1-4H3. The summed E-state index contributed by atoms with van der Waals surface area (Å²) in [6.45, 7) is 13.6. The minimum absolute atomic E-state index is 0.642. The van der Waals surface area contributed by atoms with Crippen LogP contribution in [-0.2, 0) is 6.54 Å². The lowest BCUT2D eigenvalue weighted by atomic mass is 10.0. The molecule has 0 aliphatic carbocycles. The Morgan fingerprint density at radius 3 is 2.63 bits per heavy atom. The molecule has 2 nitrogen and oxygen atoms in total. The van der Waals surface area contributed by atoms with Crippen molar-refractivity contribution in [3.8, 4) is 0 Å². The van der Waals surface area contributed by atoms with Gasteiger partial charge in [-0.15, -0.1) is 11.3 Å². The van der Waals surface area contributed by atoms with Crippen LogP contribution < -0.4 is 5.32 Å². The molecule has 0 saturated carbocycles. The van der Waals surface area contributed by atoms with Crippen molar-refractivity contribution in [1.29, 1.82) is 0 Å². The molecule has 0 fully saturated rings. The Balaban J connectivity index is 2.15. The van der Waals surface area contributed by atoms with Crippen LogP contribution >= 0.6 is 11.3 Å². The molecule has 1 rings (SSSR count). The minimum atomic E-state index is 0.642. The molecule has 0 aromatic carbocycles. The Labute approximate surface area is 123 Å². The second-order valence-electron chi connectivity index (χ2n) is 5.77. The maximum atomic E-state index is 3.64. The number of likely N-dealkylation sites (N-methyl/N-ethyl adjacent to an activating group) is 1. The summed E-state index contributed by atoms with van der Waals surface area (Å²) in [4.78, 5) is 3.98. The van der Waals surface area contributed by atoms with E-state index in [1.165, 1.54) is 17.7 Å². The van der Waals surface area contributed by atoms with Crippen LogP contribution in [0, 0.1) is 5.92 Å². The molecular weight excluding hydrogens is 252 g/mol. The van der Waals surface area contributed by atoms with E-state index in [9.17, 15) is 0 Å². The van der Waals surface area contributed by atoms with E-state index in [2.05, 4.69) is 55.4 Å². The third kappa shape index (κ3) is 7.71. The van der Waals surface area contributed by atoms with Crippen LogP contribution in [0.3, 0.4) is 0 Å². The highest BCUT2D eigenvalue weighted by Gasteiger charge is 2.06. The fraction of sp³-hybridized carbons (Fsp3) is 0.750. The van der Waals surface area contributed by atoms with Crippen molar-refractivity contribution >= 4 is 11.3 Å². The van der Waals surface area contributed by atoms with Gasteiger partial charge >= 0.3 is 0 Å². The van der Waals surface area contributed by atoms with Gasteiger partial charge in [0, 0.05) is 30.6 Å². The zero-order valence-electron chi connectivity index (χ0n) is 13.0. The molecule has 0 aliphatic rings. The summed E-state index contributed by atoms with van der Waals surface area (Å²) in [6, 6.07) is 5.01. The van der Waals surface area contributed by atoms with Gasteiger partial charge in [0.25, 0.3) is 0 Å². The Bertz CT molecular complexity index is 309. The summed E-state index contributed by atoms with van der Waals surface area (Å²) < 4.78 is 0. The van der Waals surface area contributed by atoms with Crippen molar-refractivity contribution in [2.75, 3.05) is 19.6 Å². The maximum Gasteiger partial charge on any atom is 0.0328 e. The summed E-state index contributed by atoms with van der Waals surface area (Å²) in [5, 5.41) is 5.81. The molecule has 0 radical (unpaired) electrons. The first-order valence-electron chi connectivity index (χ1n) is 7.60. The van der Waals surface area contributed by atoms with Gasteiger partial charge in [-0.05, 0) is 43.7 Å². The van der Waals surface area contributed by atoms with E-state index in [0.29, 0.717) is 6.04 Å². The molecule has 1 heterocycles. The SMILES string of the molecule is CCN(CCNC(C)CCC(C)C)Cc1cccs1. The fourth-order valence-corrected chi connectivity index (χ4v) is 2.87. The summed E-state index contributed by atoms with van der Waals surface area (Å²) >= 11 is 1.86. The molecule has 1 aromatic heterocycles. The van der Waals surface area contributed by atoms with Crippen LogP contribution in [0.2, 0.25) is 0 Å². The summed E-state index contributed by atoms with van der Waals surface area (Å²) in [6.07, 6.45) is 2.61. The minimum Gasteiger partial charge on any atom is -0.313 e. The molecule has 0 amide bonds. The van der Waals surface area contributed by atoms with Gasteiger partial charge in [-0.3, -0.25) is 4.90 Å². The van der Waals surface area contributed by atoms with Crippen LogP contribution in [0.25, 0.3) is 0 Å². The van der Waals surface area contributed by atoms with Crippen molar-refractivity contribution < 1.29 is 0 Å². The fourth-order valence-electron chi connectivity index (χ4n) is 2.13. The highest BCUT2D eigenvalue weighted by Crippen LogP contribution is 2.11. The first kappa shape index (κ1) is 16.7. The van der Waals surface area contributed by atoms with E-state index in [-0.39, 0.29) is 0 Å². The average Bonchev–Trinajstić information content (AvgIpc) is 2.88. The van der Waals surface area contributed by atoms with Gasteiger partial charge in [-0.25, -0.2) is 0 Å². The molecule has 0 saturated heterocycles. The molecule has 3 heteroatoms. The number of thiophene rings is 1. The van der Waals surface area contributed by atoms with Crippen molar-refractivity contribution in [2.24, 2.45) is 5.92 Å². The van der Waals surface area contributed by atoms with E-state index in [4.69, 9.17) is 0 Å². The van der Waals surface area contributed by atoms with E-state index in [1.807, 2.05) is 11.3 Å². The largest absolute Gasteiger partial charge is 0.313 e. The number of hydrogen-bond acceptors (Lipinski definition) is 3. The molecule has 1 unspecified atom stereocenters. The highest BCUT2D eigenvalue weighted by atomic mass is 32.1. The van der Waals surface area contributed by atoms with Gasteiger partial charge in [0.15, 0.2) is 0 Å². The van der Waals surface area contributed by atoms with Crippen molar-refractivity contribution in [1.82, 2.24) is 10.2 Å². The van der Waals surface area contributed by atoms with Crippen LogP contribution in [-0.4, -0.2) is 30.6 Å². The first-order valence-corrected chi connectivity index (χ1v) is 8.47. The molecule has 0 bridgehead atoms. The van der Waals surface area contributed by atoms with Gasteiger partial charge in [0.05, 0.1) is 0 Å². The Hall–Kier alpha value is -0.380. The lowest BCUT2D eigenvalue weighted by Gasteiger charge is -2.22. The number of rotatable bonds is 10. The van der Waals surface area contributed by atoms with Crippen LogP contribution in [0.1, 0.15) is 45.4 Å². The van der Waals surface area contributed by atoms with Gasteiger partial charge in [-0.1, -0.05) is 26.8 Å². The monoisotopic (exact) mass is 282 g/mol. The smallest absolute Gasteiger partial charge is 0.0328 e. The molecule has 0 spiro atoms. The topological polar surface area (TPSA) is 15.3 Å². The van der Waals surface area contributed by atoms with Gasteiger partial charge < -0.3 is 5.32 Å². The normalized spacial score (nSPS) is 13.4. The highest BCUT2D eigenvalue weighted by molar-refractivity contribution is 7.09. The average molecular weight is 282 g/mol. The molecule has 110 valence electrons. The predicted octanol–water partition coefficient (Wildman–Crippen LogP) is 3.98. The third-order valence-electron chi connectivity index (χ3n) is 3.50. The Morgan fingerprint density at radius 2 is 2.05 bits per heavy atom. The number of nitrogens with one attached hydrogen (secondary N) is 1. The van der Waals surface area contributed by atoms with Gasteiger partial charge in [0.1, 0.15) is 0 Å². The molecule has 1 N–H and O–H groups in total. The van der Waals surface area contributed by atoms with E-state index >= 15 is 0 Å². The lowest BCUT2D eigenvalue weighted by molar-refractivity contribution is 0.275. The van der Waals surface area contributed by atoms with Crippen molar-refractivity contribution in [2.45, 2.75) is 53.1 Å². The number of nitrogens with zero attached hydrogens (tertiary/aromatic N) is 1. The molecule has 19 heavy (non-hydrogen) atoms. The first-order chi connectivity index (χ1) is 9.11. The molecular formula is C16H30N2S. The summed E-state index contributed by atoms with van der Waals surface area (Å²) in [5.74, 6) is 0.815. The van der Waals surface area contributed by atoms with Crippen LogP contribution in [0.15, 0.2) is 17.5 Å². The molecule has 1 atom stereocenters. The van der Waals surface area contributed by atoms with E-state index in [1.54, 1.807) is 0 Å².